The fraction of sp³-hybridized carbons (Fsp3) is 0.857. The van der Waals surface area contributed by atoms with Gasteiger partial charge >= 0.3 is 0 Å². The molecule has 0 unspecified atom stereocenters. The lowest BCUT2D eigenvalue weighted by molar-refractivity contribution is -0.127. The van der Waals surface area contributed by atoms with Crippen LogP contribution in [0.2, 0.25) is 0 Å². The minimum absolute atomic E-state index is 0.370. The molecule has 4 atom stereocenters. The summed E-state index contributed by atoms with van der Waals surface area (Å²) in [5, 5.41) is 29.6. The third kappa shape index (κ3) is 2.16. The van der Waals surface area contributed by atoms with Gasteiger partial charge in [0.05, 0.1) is 6.61 Å². The van der Waals surface area contributed by atoms with Crippen molar-refractivity contribution in [3.63, 3.8) is 0 Å². The van der Waals surface area contributed by atoms with Gasteiger partial charge in [0.15, 0.2) is 6.29 Å². The summed E-state index contributed by atoms with van der Waals surface area (Å²) in [4.78, 5) is 10.6. The number of carbonyl (C=O) groups is 1. The lowest BCUT2D eigenvalue weighted by Gasteiger charge is -2.17. The van der Waals surface area contributed by atoms with Gasteiger partial charge in [-0.2, -0.15) is 0 Å². The molecule has 0 saturated carbocycles. The summed E-state index contributed by atoms with van der Waals surface area (Å²) >= 11 is 0. The number of aliphatic hydroxyl groups is 3. The minimum atomic E-state index is -1.27. The summed E-state index contributed by atoms with van der Waals surface area (Å²) in [6.07, 6.45) is -3.19. The van der Waals surface area contributed by atoms with Crippen molar-refractivity contribution in [2.24, 2.45) is 0 Å². The second-order valence-electron chi connectivity index (χ2n) is 2.96. The molecule has 0 aliphatic carbocycles. The number of aliphatic hydroxyl groups excluding tert-OH is 3. The zero-order valence-electron chi connectivity index (χ0n) is 7.17. The topological polar surface area (TPSA) is 99.0 Å². The van der Waals surface area contributed by atoms with Gasteiger partial charge in [0, 0.05) is 6.92 Å². The van der Waals surface area contributed by atoms with Gasteiger partial charge in [-0.25, -0.2) is 0 Å². The predicted octanol–water partition coefficient (Wildman–Crippen LogP) is -2.44. The highest BCUT2D eigenvalue weighted by Gasteiger charge is 2.42. The number of hydrogen-bond donors (Lipinski definition) is 4. The molecule has 1 rings (SSSR count). The van der Waals surface area contributed by atoms with Gasteiger partial charge in [0.25, 0.3) is 0 Å². The number of ether oxygens (including phenoxy) is 1. The number of carbonyl (C=O) groups excluding carboxylic acids is 1. The molecule has 13 heavy (non-hydrogen) atoms. The molecule has 4 N–H and O–H groups in total. The highest BCUT2D eigenvalue weighted by Crippen LogP contribution is 2.18. The van der Waals surface area contributed by atoms with Gasteiger partial charge in [-0.05, 0) is 0 Å². The van der Waals surface area contributed by atoms with E-state index >= 15 is 0 Å². The molecule has 1 heterocycles. The molecule has 1 aliphatic heterocycles. The van der Waals surface area contributed by atoms with E-state index in [1.165, 1.54) is 6.92 Å². The summed E-state index contributed by atoms with van der Waals surface area (Å²) in [5.74, 6) is -0.370. The molecule has 0 aromatic heterocycles. The Morgan fingerprint density at radius 3 is 2.54 bits per heavy atom. The van der Waals surface area contributed by atoms with Crippen molar-refractivity contribution in [2.75, 3.05) is 6.61 Å². The lowest BCUT2D eigenvalue weighted by Crippen LogP contribution is -2.47. The number of nitrogens with one attached hydrogen (secondary N) is 1. The Hall–Kier alpha value is -0.690. The normalized spacial score (nSPS) is 39.1. The van der Waals surface area contributed by atoms with E-state index in [2.05, 4.69) is 5.32 Å². The average Bonchev–Trinajstić information content (AvgIpc) is 2.31. The van der Waals surface area contributed by atoms with E-state index in [9.17, 15) is 15.0 Å². The largest absolute Gasteiger partial charge is 0.394 e. The molecule has 0 spiro atoms. The van der Waals surface area contributed by atoms with Gasteiger partial charge in [-0.15, -0.1) is 0 Å². The fourth-order valence-corrected chi connectivity index (χ4v) is 1.29. The second-order valence-corrected chi connectivity index (χ2v) is 2.96. The molecule has 1 amide bonds. The van der Waals surface area contributed by atoms with Crippen molar-refractivity contribution in [2.45, 2.75) is 31.5 Å². The van der Waals surface area contributed by atoms with Crippen LogP contribution >= 0.6 is 0 Å². The summed E-state index contributed by atoms with van der Waals surface area (Å²) in [5.41, 5.74) is 0. The first-order chi connectivity index (χ1) is 6.06. The van der Waals surface area contributed by atoms with E-state index in [0.717, 1.165) is 0 Å². The molecule has 76 valence electrons. The zero-order chi connectivity index (χ0) is 10.0. The van der Waals surface area contributed by atoms with Crippen molar-refractivity contribution in [3.8, 4) is 0 Å². The van der Waals surface area contributed by atoms with Crippen molar-refractivity contribution >= 4 is 5.91 Å². The standard InChI is InChI=1S/C7H13NO5/c1-3(10)8-5-6(11)4(2-9)13-7(5)12/h4-7,9,11-12H,2H2,1H3,(H,8,10)/t4-,5-,6-,7-/m0/s1. The van der Waals surface area contributed by atoms with E-state index in [-0.39, 0.29) is 5.91 Å². The first-order valence-electron chi connectivity index (χ1n) is 3.96. The quantitative estimate of drug-likeness (QED) is 0.388. The maximum Gasteiger partial charge on any atom is 0.217 e. The van der Waals surface area contributed by atoms with Crippen molar-refractivity contribution in [1.29, 1.82) is 0 Å². The Kier molecular flexibility index (Phi) is 3.21. The van der Waals surface area contributed by atoms with Crippen LogP contribution < -0.4 is 5.32 Å². The fourth-order valence-electron chi connectivity index (χ4n) is 1.29. The van der Waals surface area contributed by atoms with Crippen LogP contribution in [0.1, 0.15) is 6.92 Å². The Morgan fingerprint density at radius 1 is 1.54 bits per heavy atom. The summed E-state index contributed by atoms with van der Waals surface area (Å²) in [6.45, 7) is 0.875. The summed E-state index contributed by atoms with van der Waals surface area (Å²) in [7, 11) is 0. The maximum atomic E-state index is 10.6. The summed E-state index contributed by atoms with van der Waals surface area (Å²) < 4.78 is 4.78. The third-order valence-electron chi connectivity index (χ3n) is 1.92. The van der Waals surface area contributed by atoms with Crippen LogP contribution in [0.4, 0.5) is 0 Å². The van der Waals surface area contributed by atoms with Crippen molar-refractivity contribution in [3.05, 3.63) is 0 Å². The Balaban J connectivity index is 2.58. The van der Waals surface area contributed by atoms with Gasteiger partial charge in [-0.3, -0.25) is 4.79 Å². The SMILES string of the molecule is CC(=O)N[C@H]1[C@@H](O)[C@H](CO)O[C@@H]1O. The molecule has 1 aliphatic rings. The van der Waals surface area contributed by atoms with E-state index in [1.807, 2.05) is 0 Å². The van der Waals surface area contributed by atoms with E-state index < -0.39 is 31.1 Å². The molecule has 0 bridgehead atoms. The van der Waals surface area contributed by atoms with E-state index in [0.29, 0.717) is 0 Å². The number of amides is 1. The van der Waals surface area contributed by atoms with Gasteiger partial charge in [0.2, 0.25) is 5.91 Å². The maximum absolute atomic E-state index is 10.6. The highest BCUT2D eigenvalue weighted by atomic mass is 16.6. The number of hydrogen-bond acceptors (Lipinski definition) is 5. The Morgan fingerprint density at radius 2 is 2.15 bits per heavy atom. The molecule has 1 saturated heterocycles. The lowest BCUT2D eigenvalue weighted by atomic mass is 10.1. The highest BCUT2D eigenvalue weighted by molar-refractivity contribution is 5.73. The van der Waals surface area contributed by atoms with Crippen LogP contribution in [0.25, 0.3) is 0 Å². The molecule has 1 fully saturated rings. The predicted molar refractivity (Wildman–Crippen MR) is 41.6 cm³/mol. The first-order valence-corrected chi connectivity index (χ1v) is 3.96. The van der Waals surface area contributed by atoms with Crippen LogP contribution in [0.3, 0.4) is 0 Å². The van der Waals surface area contributed by atoms with Crippen LogP contribution in [-0.4, -0.2) is 52.4 Å². The van der Waals surface area contributed by atoms with Crippen LogP contribution in [0, 0.1) is 0 Å². The molecular weight excluding hydrogens is 178 g/mol. The van der Waals surface area contributed by atoms with E-state index in [4.69, 9.17) is 9.84 Å². The molecule has 6 heteroatoms. The third-order valence-corrected chi connectivity index (χ3v) is 1.92. The monoisotopic (exact) mass is 191 g/mol. The van der Waals surface area contributed by atoms with Crippen LogP contribution in [0.5, 0.6) is 0 Å². The molecule has 0 aromatic carbocycles. The average molecular weight is 191 g/mol. The first kappa shape index (κ1) is 10.4. The van der Waals surface area contributed by atoms with Crippen LogP contribution in [-0.2, 0) is 9.53 Å². The van der Waals surface area contributed by atoms with Crippen molar-refractivity contribution in [1.82, 2.24) is 5.32 Å². The molecule has 6 nitrogen and oxygen atoms in total. The van der Waals surface area contributed by atoms with Crippen molar-refractivity contribution < 1.29 is 24.9 Å². The molecule has 0 radical (unpaired) electrons. The Bertz CT molecular complexity index is 197. The zero-order valence-corrected chi connectivity index (χ0v) is 7.17. The minimum Gasteiger partial charge on any atom is -0.394 e. The van der Waals surface area contributed by atoms with E-state index in [1.54, 1.807) is 0 Å². The second kappa shape index (κ2) is 4.01. The summed E-state index contributed by atoms with van der Waals surface area (Å²) in [6, 6.07) is -0.866. The molecular formula is C7H13NO5. The van der Waals surface area contributed by atoms with Gasteiger partial charge in [0.1, 0.15) is 18.2 Å². The van der Waals surface area contributed by atoms with Gasteiger partial charge < -0.3 is 25.4 Å². The smallest absolute Gasteiger partial charge is 0.217 e. The Labute approximate surface area is 75.1 Å². The van der Waals surface area contributed by atoms with Crippen LogP contribution in [0.15, 0.2) is 0 Å². The van der Waals surface area contributed by atoms with Gasteiger partial charge in [-0.1, -0.05) is 0 Å². The number of rotatable bonds is 2. The molecule has 0 aromatic rings.